The molecule has 0 saturated heterocycles. The van der Waals surface area contributed by atoms with Crippen LogP contribution in [0.2, 0.25) is 0 Å². The van der Waals surface area contributed by atoms with E-state index in [1.807, 2.05) is 54.6 Å². The van der Waals surface area contributed by atoms with Gasteiger partial charge >= 0.3 is 0 Å². The lowest BCUT2D eigenvalue weighted by molar-refractivity contribution is -0.127. The van der Waals surface area contributed by atoms with Crippen LogP contribution in [-0.2, 0) is 40.3 Å². The van der Waals surface area contributed by atoms with Crippen molar-refractivity contribution in [2.75, 3.05) is 6.61 Å². The van der Waals surface area contributed by atoms with Crippen molar-refractivity contribution in [3.63, 3.8) is 0 Å². The van der Waals surface area contributed by atoms with Crippen LogP contribution in [0.1, 0.15) is 22.3 Å². The summed E-state index contributed by atoms with van der Waals surface area (Å²) in [5.74, 6) is -0.645. The number of rotatable bonds is 13. The molecule has 0 aliphatic rings. The molecule has 1 atom stereocenters. The van der Waals surface area contributed by atoms with E-state index in [0.717, 1.165) is 22.3 Å². The summed E-state index contributed by atoms with van der Waals surface area (Å²) in [4.78, 5) is 36.5. The van der Waals surface area contributed by atoms with Crippen molar-refractivity contribution in [3.8, 4) is 5.75 Å². The monoisotopic (exact) mass is 487 g/mol. The number of benzene rings is 3. The number of carbonyl (C=O) groups is 3. The molecule has 0 unspecified atom stereocenters. The van der Waals surface area contributed by atoms with Gasteiger partial charge in [-0.15, -0.1) is 0 Å². The number of hydrogen-bond acceptors (Lipinski definition) is 5. The average molecular weight is 488 g/mol. The summed E-state index contributed by atoms with van der Waals surface area (Å²) < 4.78 is 5.24. The zero-order valence-electron chi connectivity index (χ0n) is 20.0. The molecule has 0 aromatic heterocycles. The van der Waals surface area contributed by atoms with E-state index in [1.165, 1.54) is 6.42 Å². The van der Waals surface area contributed by atoms with Crippen molar-refractivity contribution in [3.05, 3.63) is 108 Å². The summed E-state index contributed by atoms with van der Waals surface area (Å²) >= 11 is 0. The number of hydrogen-bond donors (Lipinski definition) is 4. The minimum absolute atomic E-state index is 0.197. The second kappa shape index (κ2) is 13.7. The number of primary amides is 1. The Hall–Kier alpha value is -4.17. The van der Waals surface area contributed by atoms with Crippen LogP contribution in [0.3, 0.4) is 0 Å². The third-order valence-electron chi connectivity index (χ3n) is 5.47. The first-order chi connectivity index (χ1) is 17.4. The van der Waals surface area contributed by atoms with Gasteiger partial charge in [0.2, 0.25) is 11.8 Å². The molecule has 36 heavy (non-hydrogen) atoms. The molecule has 3 aromatic rings. The first kappa shape index (κ1) is 26.4. The Morgan fingerprint density at radius 3 is 2.11 bits per heavy atom. The molecular formula is C28H31N4O4. The van der Waals surface area contributed by atoms with Crippen molar-refractivity contribution >= 4 is 17.7 Å². The van der Waals surface area contributed by atoms with Gasteiger partial charge in [-0.1, -0.05) is 66.7 Å². The molecule has 0 aliphatic heterocycles. The van der Waals surface area contributed by atoms with Crippen molar-refractivity contribution < 1.29 is 19.1 Å². The van der Waals surface area contributed by atoms with Crippen LogP contribution in [0.25, 0.3) is 0 Å². The van der Waals surface area contributed by atoms with Crippen LogP contribution in [0.5, 0.6) is 5.75 Å². The number of amides is 3. The first-order valence-corrected chi connectivity index (χ1v) is 11.7. The Morgan fingerprint density at radius 2 is 1.47 bits per heavy atom. The Bertz CT molecular complexity index is 1130. The van der Waals surface area contributed by atoms with Crippen molar-refractivity contribution in [2.45, 2.75) is 32.0 Å². The molecule has 3 amide bonds. The summed E-state index contributed by atoms with van der Waals surface area (Å²) in [6.45, 7) is 0.609. The highest BCUT2D eigenvalue weighted by atomic mass is 16.5. The predicted octanol–water partition coefficient (Wildman–Crippen LogP) is 1.80. The molecule has 0 fully saturated rings. The second-order valence-electron chi connectivity index (χ2n) is 8.30. The molecule has 0 aliphatic carbocycles. The molecule has 1 radical (unpaired) electrons. The standard InChI is InChI=1S/C28H31N4O4/c29-17-22-6-8-23(9-7-22)18-31-28(35)25(16-21-4-2-1-3-5-21)32-27(34)15-12-20-10-13-24(14-11-20)36-19-26(30)33/h1-11,13-15,25H,12,16-19,29H2,(H2,30,33)(H,31,35)(H,32,34)/t25-/m0/s1. The number of nitrogens with two attached hydrogens (primary N) is 2. The van der Waals surface area contributed by atoms with E-state index in [4.69, 9.17) is 16.2 Å². The lowest BCUT2D eigenvalue weighted by atomic mass is 10.0. The van der Waals surface area contributed by atoms with Gasteiger partial charge in [0.15, 0.2) is 6.61 Å². The molecule has 6 N–H and O–H groups in total. The lowest BCUT2D eigenvalue weighted by Crippen LogP contribution is -2.48. The maximum absolute atomic E-state index is 13.0. The fraction of sp³-hybridized carbons (Fsp3) is 0.214. The highest BCUT2D eigenvalue weighted by molar-refractivity contribution is 5.91. The summed E-state index contributed by atoms with van der Waals surface area (Å²) in [5.41, 5.74) is 14.5. The van der Waals surface area contributed by atoms with Gasteiger partial charge in [0.1, 0.15) is 11.8 Å². The molecule has 0 bridgehead atoms. The van der Waals surface area contributed by atoms with Crippen LogP contribution in [-0.4, -0.2) is 30.4 Å². The molecule has 3 aromatic carbocycles. The molecule has 0 saturated carbocycles. The average Bonchev–Trinajstić information content (AvgIpc) is 2.90. The molecule has 3 rings (SSSR count). The topological polar surface area (TPSA) is 137 Å². The third kappa shape index (κ3) is 8.88. The number of nitrogens with one attached hydrogen (secondary N) is 2. The number of carbonyl (C=O) groups excluding carboxylic acids is 3. The molecule has 0 heterocycles. The third-order valence-corrected chi connectivity index (χ3v) is 5.47. The Morgan fingerprint density at radius 1 is 0.833 bits per heavy atom. The fourth-order valence-electron chi connectivity index (χ4n) is 3.48. The number of ether oxygens (including phenoxy) is 1. The van der Waals surface area contributed by atoms with Crippen LogP contribution in [0.4, 0.5) is 0 Å². The highest BCUT2D eigenvalue weighted by Gasteiger charge is 2.21. The van der Waals surface area contributed by atoms with Gasteiger partial charge in [0, 0.05) is 19.5 Å². The maximum Gasteiger partial charge on any atom is 0.255 e. The fourth-order valence-corrected chi connectivity index (χ4v) is 3.48. The largest absolute Gasteiger partial charge is 0.484 e. The van der Waals surface area contributed by atoms with Gasteiger partial charge in [-0.25, -0.2) is 0 Å². The van der Waals surface area contributed by atoms with E-state index < -0.39 is 11.9 Å². The van der Waals surface area contributed by atoms with Crippen molar-refractivity contribution in [1.82, 2.24) is 10.6 Å². The van der Waals surface area contributed by atoms with E-state index in [-0.39, 0.29) is 18.4 Å². The normalized spacial score (nSPS) is 11.4. The summed E-state index contributed by atoms with van der Waals surface area (Å²) in [7, 11) is 0. The Kier molecular flexibility index (Phi) is 10.0. The second-order valence-corrected chi connectivity index (χ2v) is 8.30. The van der Waals surface area contributed by atoms with Crippen LogP contribution in [0, 0.1) is 6.42 Å². The molecule has 187 valence electrons. The van der Waals surface area contributed by atoms with E-state index in [0.29, 0.717) is 31.7 Å². The van der Waals surface area contributed by atoms with E-state index >= 15 is 0 Å². The maximum atomic E-state index is 13.0. The molecule has 8 nitrogen and oxygen atoms in total. The summed E-state index contributed by atoms with van der Waals surface area (Å²) in [6.07, 6.45) is 2.23. The van der Waals surface area contributed by atoms with Gasteiger partial charge in [0.25, 0.3) is 5.91 Å². The summed E-state index contributed by atoms with van der Waals surface area (Å²) in [6, 6.07) is 23.5. The molecule has 0 spiro atoms. The Balaban J connectivity index is 1.56. The zero-order chi connectivity index (χ0) is 25.8. The van der Waals surface area contributed by atoms with Crippen molar-refractivity contribution in [1.29, 1.82) is 0 Å². The van der Waals surface area contributed by atoms with Gasteiger partial charge < -0.3 is 26.8 Å². The Labute approximate surface area is 211 Å². The van der Waals surface area contributed by atoms with Gasteiger partial charge in [-0.2, -0.15) is 0 Å². The van der Waals surface area contributed by atoms with Gasteiger partial charge in [0.05, 0.1) is 6.42 Å². The van der Waals surface area contributed by atoms with E-state index in [9.17, 15) is 14.4 Å². The van der Waals surface area contributed by atoms with Gasteiger partial charge in [-0.05, 0) is 40.8 Å². The first-order valence-electron chi connectivity index (χ1n) is 11.7. The smallest absolute Gasteiger partial charge is 0.255 e. The van der Waals surface area contributed by atoms with Crippen LogP contribution >= 0.6 is 0 Å². The highest BCUT2D eigenvalue weighted by Crippen LogP contribution is 2.13. The molecule has 8 heteroatoms. The predicted molar refractivity (Wildman–Crippen MR) is 137 cm³/mol. The lowest BCUT2D eigenvalue weighted by Gasteiger charge is -2.19. The van der Waals surface area contributed by atoms with Crippen LogP contribution in [0.15, 0.2) is 78.9 Å². The van der Waals surface area contributed by atoms with E-state index in [1.54, 1.807) is 24.3 Å². The SMILES string of the molecule is NCc1ccc(CNC(=O)[C@H](Cc2ccccc2)NC(=O)[CH]Cc2ccc(OCC(N)=O)cc2)cc1. The molecular weight excluding hydrogens is 456 g/mol. The minimum Gasteiger partial charge on any atom is -0.484 e. The van der Waals surface area contributed by atoms with Gasteiger partial charge in [-0.3, -0.25) is 14.4 Å². The zero-order valence-corrected chi connectivity index (χ0v) is 20.0. The van der Waals surface area contributed by atoms with Crippen LogP contribution < -0.4 is 26.8 Å². The minimum atomic E-state index is -0.732. The quantitative estimate of drug-likeness (QED) is 0.291. The van der Waals surface area contributed by atoms with E-state index in [2.05, 4.69) is 10.6 Å². The van der Waals surface area contributed by atoms with Crippen molar-refractivity contribution in [2.24, 2.45) is 11.5 Å². The summed E-state index contributed by atoms with van der Waals surface area (Å²) in [5, 5.41) is 5.75.